The Morgan fingerprint density at radius 1 is 0.371 bits per heavy atom. The summed E-state index contributed by atoms with van der Waals surface area (Å²) in [5.41, 5.74) is 5.32. The zero-order valence-electron chi connectivity index (χ0n) is 26.9. The number of allylic oxidation sites excluding steroid dienone is 2. The highest BCUT2D eigenvalue weighted by atomic mass is 127. The molecule has 9 unspecified atom stereocenters. The Kier molecular flexibility index (Phi) is 4.18. The van der Waals surface area contributed by atoms with Gasteiger partial charge in [0.2, 0.25) is 0 Å². The minimum absolute atomic E-state index is 0.136. The first kappa shape index (κ1) is 27.1. The normalized spacial score (nSPS) is 64.1. The van der Waals surface area contributed by atoms with Crippen LogP contribution in [-0.2, 0) is 0 Å². The van der Waals surface area contributed by atoms with Crippen LogP contribution in [0.2, 0.25) is 0 Å². The van der Waals surface area contributed by atoms with Crippen molar-refractivity contribution < 1.29 is 0 Å². The zero-order valence-corrected chi connectivity index (χ0v) is 29.0. The fraction of sp³-hybridized carbons (Fsp3) is 0.941. The predicted molar refractivity (Wildman–Crippen MR) is 161 cm³/mol. The van der Waals surface area contributed by atoms with Gasteiger partial charge in [-0.1, -0.05) is 145 Å². The smallest absolute Gasteiger partial charge is 0.0315 e. The molecule has 0 saturated heterocycles. The lowest BCUT2D eigenvalue weighted by Crippen LogP contribution is -2.76. The number of hydrogen-bond acceptors (Lipinski definition) is 0. The van der Waals surface area contributed by atoms with Gasteiger partial charge in [-0.25, -0.2) is 0 Å². The van der Waals surface area contributed by atoms with E-state index in [1.54, 1.807) is 11.1 Å². The van der Waals surface area contributed by atoms with Crippen LogP contribution in [0.25, 0.3) is 0 Å². The molecule has 0 aromatic carbocycles. The van der Waals surface area contributed by atoms with Crippen LogP contribution in [0.5, 0.6) is 0 Å². The molecule has 0 aliphatic heterocycles. The van der Waals surface area contributed by atoms with Crippen LogP contribution in [0, 0.1) is 65.0 Å². The second-order valence-electron chi connectivity index (χ2n) is 17.8. The summed E-state index contributed by atoms with van der Waals surface area (Å²) < 4.78 is 0.178. The van der Waals surface area contributed by atoms with Crippen LogP contribution in [0.4, 0.5) is 0 Å². The molecular weight excluding hydrogens is 535 g/mol. The monoisotopic (exact) mass is 592 g/mol. The van der Waals surface area contributed by atoms with Gasteiger partial charge in [-0.15, -0.1) is 0 Å². The third-order valence-electron chi connectivity index (χ3n) is 19.9. The van der Waals surface area contributed by atoms with Gasteiger partial charge in [0.15, 0.2) is 0 Å². The van der Waals surface area contributed by atoms with E-state index in [2.05, 4.69) is 154 Å². The average Bonchev–Trinajstić information content (AvgIpc) is 3.01. The van der Waals surface area contributed by atoms with E-state index in [4.69, 9.17) is 0 Å². The second kappa shape index (κ2) is 5.41. The Balaban J connectivity index is 2.13. The standard InChI is InChI=1S/C34H57I/c1-20-21(2)26(11)27(12,22(20,3)4)30(15)24(7,8)29(26,14)33(18)31(16)23(5,6)28(13,32(30,33)17)25(9,10)34(31,19)35/h1-19H3. The van der Waals surface area contributed by atoms with Crippen LogP contribution < -0.4 is 0 Å². The van der Waals surface area contributed by atoms with Crippen molar-refractivity contribution in [2.75, 3.05) is 0 Å². The maximum absolute atomic E-state index is 2.96. The molecule has 0 heterocycles. The van der Waals surface area contributed by atoms with Crippen molar-refractivity contribution in [1.82, 2.24) is 0 Å². The van der Waals surface area contributed by atoms with E-state index < -0.39 is 0 Å². The second-order valence-corrected chi connectivity index (χ2v) is 19.9. The maximum Gasteiger partial charge on any atom is 0.0315 e. The third kappa shape index (κ3) is 1.41. The molecule has 5 aliphatic carbocycles. The van der Waals surface area contributed by atoms with E-state index in [0.717, 1.165) is 0 Å². The quantitative estimate of drug-likeness (QED) is 0.114. The number of alkyl halides is 1. The maximum atomic E-state index is 2.96. The number of hydrogen-bond donors (Lipinski definition) is 0. The van der Waals surface area contributed by atoms with Crippen LogP contribution in [-0.4, -0.2) is 3.42 Å². The highest BCUT2D eigenvalue weighted by molar-refractivity contribution is 14.1. The van der Waals surface area contributed by atoms with Crippen molar-refractivity contribution >= 4 is 22.6 Å². The molecule has 0 aromatic heterocycles. The number of rotatable bonds is 0. The first-order valence-electron chi connectivity index (χ1n) is 14.4. The third-order valence-corrected chi connectivity index (χ3v) is 22.3. The van der Waals surface area contributed by atoms with E-state index in [1.165, 1.54) is 0 Å². The lowest BCUT2D eigenvalue weighted by Gasteiger charge is -2.79. The van der Waals surface area contributed by atoms with Crippen molar-refractivity contribution in [2.24, 2.45) is 65.0 Å². The Bertz CT molecular complexity index is 1130. The first-order valence-corrected chi connectivity index (χ1v) is 15.5. The number of halogens is 1. The summed E-state index contributed by atoms with van der Waals surface area (Å²) in [6.07, 6.45) is 0. The minimum Gasteiger partial charge on any atom is -0.0779 e. The fourth-order valence-electron chi connectivity index (χ4n) is 16.5. The summed E-state index contributed by atoms with van der Waals surface area (Å²) in [5, 5.41) is 0. The molecule has 0 N–H and O–H groups in total. The van der Waals surface area contributed by atoms with Crippen LogP contribution in [0.1, 0.15) is 132 Å². The molecule has 4 saturated carbocycles. The van der Waals surface area contributed by atoms with Crippen molar-refractivity contribution in [2.45, 2.75) is 135 Å². The first-order chi connectivity index (χ1) is 15.1. The molecule has 0 amide bonds. The molecule has 0 radical (unpaired) electrons. The molecule has 0 nitrogen and oxygen atoms in total. The van der Waals surface area contributed by atoms with Crippen molar-refractivity contribution in [3.05, 3.63) is 11.1 Å². The highest BCUT2D eigenvalue weighted by Crippen LogP contribution is 3.10. The largest absolute Gasteiger partial charge is 0.0779 e. The molecule has 35 heavy (non-hydrogen) atoms. The predicted octanol–water partition coefficient (Wildman–Crippen LogP) is 10.7. The van der Waals surface area contributed by atoms with Gasteiger partial charge in [0.25, 0.3) is 0 Å². The van der Waals surface area contributed by atoms with Gasteiger partial charge in [0.1, 0.15) is 0 Å². The summed E-state index contributed by atoms with van der Waals surface area (Å²) >= 11 is 2.96. The molecule has 200 valence electrons. The summed E-state index contributed by atoms with van der Waals surface area (Å²) in [7, 11) is 0. The van der Waals surface area contributed by atoms with Gasteiger partial charge in [-0.2, -0.15) is 0 Å². The fourth-order valence-corrected chi connectivity index (χ4v) is 18.3. The minimum atomic E-state index is 0.136. The molecule has 5 aliphatic rings. The summed E-state index contributed by atoms with van der Waals surface area (Å²) in [6, 6.07) is 0. The molecule has 9 atom stereocenters. The Morgan fingerprint density at radius 2 is 0.743 bits per heavy atom. The van der Waals surface area contributed by atoms with Crippen molar-refractivity contribution in [3.8, 4) is 0 Å². The van der Waals surface area contributed by atoms with Crippen LogP contribution in [0.15, 0.2) is 11.1 Å². The van der Waals surface area contributed by atoms with E-state index in [9.17, 15) is 0 Å². The lowest BCUT2D eigenvalue weighted by atomic mass is 9.25. The van der Waals surface area contributed by atoms with Gasteiger partial charge in [-0.3, -0.25) is 0 Å². The molecule has 5 rings (SSSR count). The summed E-state index contributed by atoms with van der Waals surface area (Å²) in [5.74, 6) is 0. The van der Waals surface area contributed by atoms with Crippen LogP contribution in [0.3, 0.4) is 0 Å². The Morgan fingerprint density at radius 3 is 1.17 bits per heavy atom. The van der Waals surface area contributed by atoms with Crippen molar-refractivity contribution in [3.63, 3.8) is 0 Å². The highest BCUT2D eigenvalue weighted by Gasteiger charge is 3.07. The van der Waals surface area contributed by atoms with Crippen molar-refractivity contribution in [1.29, 1.82) is 0 Å². The lowest BCUT2D eigenvalue weighted by molar-refractivity contribution is -0.299. The zero-order chi connectivity index (χ0) is 27.7. The molecular formula is C34H57I. The van der Waals surface area contributed by atoms with Gasteiger partial charge >= 0.3 is 0 Å². The molecule has 0 aromatic rings. The van der Waals surface area contributed by atoms with E-state index in [0.29, 0.717) is 0 Å². The molecule has 0 spiro atoms. The van der Waals surface area contributed by atoms with Gasteiger partial charge < -0.3 is 0 Å². The average molecular weight is 593 g/mol. The van der Waals surface area contributed by atoms with E-state index in [1.807, 2.05) is 0 Å². The summed E-state index contributed by atoms with van der Waals surface area (Å²) in [4.78, 5) is 0. The van der Waals surface area contributed by atoms with Gasteiger partial charge in [0.05, 0.1) is 0 Å². The Hall–Kier alpha value is 0.470. The van der Waals surface area contributed by atoms with Crippen LogP contribution >= 0.6 is 22.6 Å². The van der Waals surface area contributed by atoms with Gasteiger partial charge in [-0.05, 0) is 80.3 Å². The van der Waals surface area contributed by atoms with E-state index in [-0.39, 0.29) is 68.4 Å². The summed E-state index contributed by atoms with van der Waals surface area (Å²) in [6.45, 7) is 51.2. The van der Waals surface area contributed by atoms with Gasteiger partial charge in [0, 0.05) is 8.84 Å². The topological polar surface area (TPSA) is 0 Å². The number of fused-ring (bicyclic) bond motifs is 12. The SMILES string of the molecule is CC1=C(C)C2(C)C(C)(C1(C)C)C1(C)C(C)(C)C2(C)C2(C)C3(C)C(C)(C)C(C)(C(C)(C)C3(C)I)C12C. The molecule has 4 bridgehead atoms. The Labute approximate surface area is 232 Å². The van der Waals surface area contributed by atoms with E-state index >= 15 is 0 Å². The molecule has 4 fully saturated rings. The molecule has 1 heteroatoms.